The van der Waals surface area contributed by atoms with Crippen LogP contribution in [0.3, 0.4) is 0 Å². The first-order chi connectivity index (χ1) is 15.2. The summed E-state index contributed by atoms with van der Waals surface area (Å²) < 4.78 is 0. The molecule has 0 spiro atoms. The topological polar surface area (TPSA) is 91.5 Å². The van der Waals surface area contributed by atoms with E-state index in [1.807, 2.05) is 36.0 Å². The number of rotatable bonds is 5. The summed E-state index contributed by atoms with van der Waals surface area (Å²) in [6, 6.07) is 16.1. The molecule has 0 bridgehead atoms. The average molecular weight is 430 g/mol. The minimum Gasteiger partial charge on any atom is -0.366 e. The van der Waals surface area contributed by atoms with E-state index in [2.05, 4.69) is 51.3 Å². The molecular formula is C24H23N5OS. The van der Waals surface area contributed by atoms with Crippen molar-refractivity contribution in [3.8, 4) is 0 Å². The lowest BCUT2D eigenvalue weighted by molar-refractivity contribution is 0.100. The first-order valence-corrected chi connectivity index (χ1v) is 11.1. The van der Waals surface area contributed by atoms with E-state index in [1.54, 1.807) is 17.4 Å². The van der Waals surface area contributed by atoms with Crippen molar-refractivity contribution in [2.24, 2.45) is 10.7 Å². The Kier molecular flexibility index (Phi) is 5.38. The lowest BCUT2D eigenvalue weighted by Gasteiger charge is -2.35. The molecule has 156 valence electrons. The number of hydrogen-bond acceptors (Lipinski definition) is 6. The zero-order valence-corrected chi connectivity index (χ0v) is 17.7. The van der Waals surface area contributed by atoms with E-state index in [-0.39, 0.29) is 12.3 Å². The van der Waals surface area contributed by atoms with E-state index < -0.39 is 5.91 Å². The van der Waals surface area contributed by atoms with Gasteiger partial charge in [-0.25, -0.2) is 0 Å². The van der Waals surface area contributed by atoms with Gasteiger partial charge in [0.1, 0.15) is 6.17 Å². The van der Waals surface area contributed by atoms with Crippen LogP contribution in [-0.2, 0) is 6.54 Å². The summed E-state index contributed by atoms with van der Waals surface area (Å²) in [5, 5.41) is 14.9. The van der Waals surface area contributed by atoms with Crippen LogP contribution in [0.4, 0.5) is 0 Å². The van der Waals surface area contributed by atoms with Crippen LogP contribution >= 0.6 is 11.3 Å². The maximum Gasteiger partial charge on any atom is 0.249 e. The second-order valence-corrected chi connectivity index (χ2v) is 8.49. The number of thiophene rings is 1. The van der Waals surface area contributed by atoms with Crippen molar-refractivity contribution in [1.29, 1.82) is 0 Å². The Bertz CT molecular complexity index is 1210. The highest BCUT2D eigenvalue weighted by molar-refractivity contribution is 7.11. The van der Waals surface area contributed by atoms with Gasteiger partial charge in [0, 0.05) is 28.6 Å². The fourth-order valence-electron chi connectivity index (χ4n) is 4.09. The number of nitrogens with zero attached hydrogens (tertiary/aromatic N) is 1. The summed E-state index contributed by atoms with van der Waals surface area (Å²) in [7, 11) is 0. The molecule has 2 unspecified atom stereocenters. The molecule has 31 heavy (non-hydrogen) atoms. The van der Waals surface area contributed by atoms with Gasteiger partial charge in [-0.1, -0.05) is 48.5 Å². The van der Waals surface area contributed by atoms with Crippen LogP contribution in [-0.4, -0.2) is 18.3 Å². The van der Waals surface area contributed by atoms with Crippen LogP contribution in [0.5, 0.6) is 0 Å². The Balaban J connectivity index is 1.48. The van der Waals surface area contributed by atoms with Gasteiger partial charge in [-0.3, -0.25) is 20.4 Å². The van der Waals surface area contributed by atoms with Crippen molar-refractivity contribution < 1.29 is 4.79 Å². The molecule has 0 fully saturated rings. The summed E-state index contributed by atoms with van der Waals surface area (Å²) in [5.41, 5.74) is 9.61. The third kappa shape index (κ3) is 3.90. The fraction of sp³-hybridized carbons (Fsp3) is 0.167. The number of carbonyl (C=O) groups is 1. The zero-order chi connectivity index (χ0) is 21.2. The van der Waals surface area contributed by atoms with Gasteiger partial charge in [-0.2, -0.15) is 0 Å². The molecule has 3 aromatic rings. The van der Waals surface area contributed by atoms with Crippen molar-refractivity contribution in [3.63, 3.8) is 0 Å². The second-order valence-electron chi connectivity index (χ2n) is 7.58. The van der Waals surface area contributed by atoms with E-state index >= 15 is 0 Å². The number of nitrogens with one attached hydrogen (secondary N) is 3. The summed E-state index contributed by atoms with van der Waals surface area (Å²) in [6.07, 6.45) is 6.46. The predicted molar refractivity (Wildman–Crippen MR) is 126 cm³/mol. The molecule has 3 heterocycles. The third-order valence-corrected chi connectivity index (χ3v) is 6.68. The molecule has 5 rings (SSSR count). The van der Waals surface area contributed by atoms with E-state index in [0.29, 0.717) is 5.56 Å². The number of allylic oxidation sites excluding steroid dienone is 2. The van der Waals surface area contributed by atoms with E-state index in [9.17, 15) is 4.79 Å². The fourth-order valence-corrected chi connectivity index (χ4v) is 5.16. The molecule has 0 aliphatic carbocycles. The summed E-state index contributed by atoms with van der Waals surface area (Å²) in [5.74, 6) is -0.408. The van der Waals surface area contributed by atoms with Gasteiger partial charge in [0.25, 0.3) is 0 Å². The maximum absolute atomic E-state index is 11.9. The molecule has 1 aromatic heterocycles. The molecule has 0 saturated carbocycles. The SMILES string of the molecule is NC(=O)c1cccc2c(C3NC4=C(CC=CN=C4)C(NCc4ccccc4)N3)scc12. The van der Waals surface area contributed by atoms with Gasteiger partial charge in [0.15, 0.2) is 0 Å². The molecule has 6 nitrogen and oxygen atoms in total. The van der Waals surface area contributed by atoms with Crippen LogP contribution < -0.4 is 21.7 Å². The molecule has 1 amide bonds. The van der Waals surface area contributed by atoms with Crippen molar-refractivity contribution >= 4 is 34.2 Å². The van der Waals surface area contributed by atoms with Gasteiger partial charge >= 0.3 is 0 Å². The zero-order valence-electron chi connectivity index (χ0n) is 16.8. The Hall–Kier alpha value is -3.26. The molecule has 2 atom stereocenters. The Labute approximate surface area is 184 Å². The van der Waals surface area contributed by atoms with Crippen LogP contribution in [0.2, 0.25) is 0 Å². The number of nitrogens with two attached hydrogens (primary N) is 1. The highest BCUT2D eigenvalue weighted by Gasteiger charge is 2.30. The maximum atomic E-state index is 11.9. The van der Waals surface area contributed by atoms with Gasteiger partial charge < -0.3 is 11.1 Å². The second kappa shape index (κ2) is 8.47. The largest absolute Gasteiger partial charge is 0.366 e. The van der Waals surface area contributed by atoms with Gasteiger partial charge in [0.05, 0.1) is 18.1 Å². The highest BCUT2D eigenvalue weighted by Crippen LogP contribution is 2.34. The van der Waals surface area contributed by atoms with E-state index in [1.165, 1.54) is 11.1 Å². The van der Waals surface area contributed by atoms with Gasteiger partial charge in [0.2, 0.25) is 5.91 Å². The van der Waals surface area contributed by atoms with Crippen molar-refractivity contribution in [1.82, 2.24) is 16.0 Å². The Morgan fingerprint density at radius 1 is 1.16 bits per heavy atom. The first-order valence-electron chi connectivity index (χ1n) is 10.2. The minimum atomic E-state index is -0.408. The van der Waals surface area contributed by atoms with E-state index in [0.717, 1.165) is 34.3 Å². The minimum absolute atomic E-state index is 0.0212. The molecule has 2 aromatic carbocycles. The summed E-state index contributed by atoms with van der Waals surface area (Å²) in [6.45, 7) is 0.750. The van der Waals surface area contributed by atoms with Crippen LogP contribution in [0.1, 0.15) is 33.4 Å². The number of carbonyl (C=O) groups excluding carboxylic acids is 1. The highest BCUT2D eigenvalue weighted by atomic mass is 32.1. The lowest BCUT2D eigenvalue weighted by Crippen LogP contribution is -2.53. The Morgan fingerprint density at radius 2 is 2.03 bits per heavy atom. The molecule has 0 radical (unpaired) electrons. The number of benzene rings is 2. The van der Waals surface area contributed by atoms with Gasteiger partial charge in [-0.15, -0.1) is 11.3 Å². The summed E-state index contributed by atoms with van der Waals surface area (Å²) >= 11 is 1.62. The van der Waals surface area contributed by atoms with Crippen molar-refractivity contribution in [2.45, 2.75) is 25.3 Å². The molecular weight excluding hydrogens is 406 g/mol. The van der Waals surface area contributed by atoms with Gasteiger partial charge in [-0.05, 0) is 34.4 Å². The smallest absolute Gasteiger partial charge is 0.249 e. The number of amides is 1. The van der Waals surface area contributed by atoms with Crippen molar-refractivity contribution in [2.75, 3.05) is 0 Å². The number of aliphatic imine (C=N–C) groups is 1. The number of fused-ring (bicyclic) bond motifs is 1. The lowest BCUT2D eigenvalue weighted by atomic mass is 10.0. The molecule has 2 aliphatic rings. The van der Waals surface area contributed by atoms with Crippen LogP contribution in [0.15, 0.2) is 82.4 Å². The first kappa shape index (κ1) is 19.7. The van der Waals surface area contributed by atoms with Crippen LogP contribution in [0.25, 0.3) is 10.8 Å². The average Bonchev–Trinajstić information content (AvgIpc) is 3.08. The molecule has 2 aliphatic heterocycles. The third-order valence-electron chi connectivity index (χ3n) is 5.62. The standard InChI is InChI=1S/C24H23N5OS/c25-22(30)17-9-4-8-16-19(17)14-31-21(16)24-28-20-13-26-11-5-10-18(20)23(29-24)27-12-15-6-2-1-3-7-15/h1-9,11,13-14,23-24,27-29H,10,12H2,(H2,25,30). The summed E-state index contributed by atoms with van der Waals surface area (Å²) in [4.78, 5) is 17.3. The van der Waals surface area contributed by atoms with E-state index in [4.69, 9.17) is 5.73 Å². The Morgan fingerprint density at radius 3 is 2.87 bits per heavy atom. The quantitative estimate of drug-likeness (QED) is 0.499. The molecule has 5 N–H and O–H groups in total. The monoisotopic (exact) mass is 429 g/mol. The predicted octanol–water partition coefficient (Wildman–Crippen LogP) is 3.55. The molecule has 0 saturated heterocycles. The van der Waals surface area contributed by atoms with Crippen molar-refractivity contribution in [3.05, 3.63) is 93.5 Å². The molecule has 7 heteroatoms. The number of hydrogen-bond donors (Lipinski definition) is 4. The number of primary amides is 1. The van der Waals surface area contributed by atoms with Crippen LogP contribution in [0, 0.1) is 0 Å². The normalized spacial score (nSPS) is 20.4.